The lowest BCUT2D eigenvalue weighted by molar-refractivity contribution is 0.0396. The first-order valence-electron chi connectivity index (χ1n) is 7.93. The number of nitrogens with zero attached hydrogens (tertiary/aromatic N) is 2. The van der Waals surface area contributed by atoms with Crippen molar-refractivity contribution in [1.29, 1.82) is 0 Å². The van der Waals surface area contributed by atoms with Crippen LogP contribution in [-0.2, 0) is 11.3 Å². The molecule has 1 atom stereocenters. The SMILES string of the molecule is CCCCOC(Cn1ccnc1)c1cccc2ccccc12. The Balaban J connectivity index is 1.92. The highest BCUT2D eigenvalue weighted by atomic mass is 16.5. The Morgan fingerprint density at radius 3 is 2.82 bits per heavy atom. The fraction of sp³-hybridized carbons (Fsp3) is 0.316. The summed E-state index contributed by atoms with van der Waals surface area (Å²) in [7, 11) is 0. The van der Waals surface area contributed by atoms with Crippen LogP contribution in [0.2, 0.25) is 0 Å². The van der Waals surface area contributed by atoms with Crippen LogP contribution in [0.15, 0.2) is 61.2 Å². The zero-order valence-electron chi connectivity index (χ0n) is 13.0. The Morgan fingerprint density at radius 2 is 2.00 bits per heavy atom. The molecule has 0 radical (unpaired) electrons. The van der Waals surface area contributed by atoms with E-state index < -0.39 is 0 Å². The Kier molecular flexibility index (Phi) is 4.86. The summed E-state index contributed by atoms with van der Waals surface area (Å²) in [5.41, 5.74) is 1.25. The van der Waals surface area contributed by atoms with Crippen molar-refractivity contribution in [3.05, 3.63) is 66.7 Å². The quantitative estimate of drug-likeness (QED) is 0.596. The van der Waals surface area contributed by atoms with Gasteiger partial charge in [-0.2, -0.15) is 0 Å². The number of imidazole rings is 1. The minimum atomic E-state index is 0.0480. The highest BCUT2D eigenvalue weighted by Gasteiger charge is 2.15. The normalized spacial score (nSPS) is 12.6. The third-order valence-corrected chi connectivity index (χ3v) is 3.92. The van der Waals surface area contributed by atoms with Gasteiger partial charge in [-0.05, 0) is 22.8 Å². The maximum Gasteiger partial charge on any atom is 0.101 e. The highest BCUT2D eigenvalue weighted by Crippen LogP contribution is 2.28. The third kappa shape index (κ3) is 3.37. The van der Waals surface area contributed by atoms with E-state index in [1.54, 1.807) is 0 Å². The first-order chi connectivity index (χ1) is 10.9. The number of benzene rings is 2. The maximum atomic E-state index is 6.20. The molecule has 0 aliphatic rings. The summed E-state index contributed by atoms with van der Waals surface area (Å²) in [5, 5.41) is 2.53. The Bertz CT molecular complexity index is 701. The van der Waals surface area contributed by atoms with Crippen molar-refractivity contribution < 1.29 is 4.74 Å². The predicted octanol–water partition coefficient (Wildman–Crippen LogP) is 4.59. The number of hydrogen-bond acceptors (Lipinski definition) is 2. The van der Waals surface area contributed by atoms with Crippen LogP contribution in [0.1, 0.15) is 31.4 Å². The number of aromatic nitrogens is 2. The zero-order chi connectivity index (χ0) is 15.2. The molecule has 2 aromatic carbocycles. The largest absolute Gasteiger partial charge is 0.372 e. The number of ether oxygens (including phenoxy) is 1. The first kappa shape index (κ1) is 14.8. The Hall–Kier alpha value is -2.13. The molecule has 0 spiro atoms. The molecule has 1 heterocycles. The zero-order valence-corrected chi connectivity index (χ0v) is 13.0. The van der Waals surface area contributed by atoms with Crippen molar-refractivity contribution in [2.24, 2.45) is 0 Å². The molecule has 0 N–H and O–H groups in total. The number of rotatable bonds is 7. The average molecular weight is 294 g/mol. The molecule has 22 heavy (non-hydrogen) atoms. The highest BCUT2D eigenvalue weighted by molar-refractivity contribution is 5.85. The first-order valence-corrected chi connectivity index (χ1v) is 7.93. The van der Waals surface area contributed by atoms with Gasteiger partial charge in [0.2, 0.25) is 0 Å². The number of fused-ring (bicyclic) bond motifs is 1. The number of unbranched alkanes of at least 4 members (excludes halogenated alkanes) is 1. The fourth-order valence-corrected chi connectivity index (χ4v) is 2.73. The average Bonchev–Trinajstić information content (AvgIpc) is 3.07. The van der Waals surface area contributed by atoms with Gasteiger partial charge >= 0.3 is 0 Å². The second-order valence-corrected chi connectivity index (χ2v) is 5.54. The van der Waals surface area contributed by atoms with Crippen molar-refractivity contribution in [3.63, 3.8) is 0 Å². The smallest absolute Gasteiger partial charge is 0.101 e. The van der Waals surface area contributed by atoms with Gasteiger partial charge in [0.05, 0.1) is 12.9 Å². The molecule has 1 unspecified atom stereocenters. The monoisotopic (exact) mass is 294 g/mol. The summed E-state index contributed by atoms with van der Waals surface area (Å²) in [6.07, 6.45) is 7.93. The van der Waals surface area contributed by atoms with Crippen molar-refractivity contribution in [3.8, 4) is 0 Å². The van der Waals surface area contributed by atoms with Gasteiger partial charge in [-0.3, -0.25) is 0 Å². The second kappa shape index (κ2) is 7.23. The van der Waals surface area contributed by atoms with E-state index in [-0.39, 0.29) is 6.10 Å². The van der Waals surface area contributed by atoms with E-state index in [0.29, 0.717) is 0 Å². The summed E-state index contributed by atoms with van der Waals surface area (Å²) >= 11 is 0. The lowest BCUT2D eigenvalue weighted by atomic mass is 10.00. The lowest BCUT2D eigenvalue weighted by Gasteiger charge is -2.20. The molecule has 0 aliphatic heterocycles. The van der Waals surface area contributed by atoms with Gasteiger partial charge in [0, 0.05) is 19.0 Å². The molecule has 0 saturated heterocycles. The molecule has 3 nitrogen and oxygen atoms in total. The van der Waals surface area contributed by atoms with Gasteiger partial charge in [0.15, 0.2) is 0 Å². The molecule has 1 aromatic heterocycles. The third-order valence-electron chi connectivity index (χ3n) is 3.92. The minimum Gasteiger partial charge on any atom is -0.372 e. The van der Waals surface area contributed by atoms with E-state index in [1.165, 1.54) is 16.3 Å². The van der Waals surface area contributed by atoms with Crippen molar-refractivity contribution in [2.75, 3.05) is 6.61 Å². The molecule has 0 bridgehead atoms. The molecule has 114 valence electrons. The van der Waals surface area contributed by atoms with Crippen LogP contribution in [-0.4, -0.2) is 16.2 Å². The van der Waals surface area contributed by atoms with E-state index >= 15 is 0 Å². The molecule has 3 aromatic rings. The van der Waals surface area contributed by atoms with Crippen LogP contribution in [0.3, 0.4) is 0 Å². The van der Waals surface area contributed by atoms with E-state index in [4.69, 9.17) is 4.74 Å². The standard InChI is InChI=1S/C19H22N2O/c1-2-3-13-22-19(14-21-12-11-20-15-21)18-10-6-8-16-7-4-5-9-17(16)18/h4-12,15,19H,2-3,13-14H2,1H3. The van der Waals surface area contributed by atoms with Crippen LogP contribution in [0.5, 0.6) is 0 Å². The van der Waals surface area contributed by atoms with Crippen LogP contribution in [0.4, 0.5) is 0 Å². The molecule has 3 rings (SSSR count). The van der Waals surface area contributed by atoms with Crippen molar-refractivity contribution >= 4 is 10.8 Å². The molecular formula is C19H22N2O. The summed E-state index contributed by atoms with van der Waals surface area (Å²) in [6, 6.07) is 14.9. The lowest BCUT2D eigenvalue weighted by Crippen LogP contribution is -2.13. The van der Waals surface area contributed by atoms with Crippen molar-refractivity contribution in [2.45, 2.75) is 32.4 Å². The molecule has 0 saturated carbocycles. The molecular weight excluding hydrogens is 272 g/mol. The summed E-state index contributed by atoms with van der Waals surface area (Å²) < 4.78 is 8.28. The topological polar surface area (TPSA) is 27.1 Å². The predicted molar refractivity (Wildman–Crippen MR) is 89.8 cm³/mol. The van der Waals surface area contributed by atoms with Gasteiger partial charge in [0.1, 0.15) is 6.10 Å². The minimum absolute atomic E-state index is 0.0480. The van der Waals surface area contributed by atoms with Crippen LogP contribution >= 0.6 is 0 Å². The second-order valence-electron chi connectivity index (χ2n) is 5.54. The van der Waals surface area contributed by atoms with Crippen LogP contribution in [0.25, 0.3) is 10.8 Å². The van der Waals surface area contributed by atoms with Gasteiger partial charge in [-0.1, -0.05) is 55.8 Å². The molecule has 0 fully saturated rings. The van der Waals surface area contributed by atoms with Gasteiger partial charge in [0.25, 0.3) is 0 Å². The maximum absolute atomic E-state index is 6.20. The van der Waals surface area contributed by atoms with Gasteiger partial charge < -0.3 is 9.30 Å². The summed E-state index contributed by atoms with van der Waals surface area (Å²) in [5.74, 6) is 0. The molecule has 0 aliphatic carbocycles. The molecule has 3 heteroatoms. The van der Waals surface area contributed by atoms with Crippen LogP contribution < -0.4 is 0 Å². The van der Waals surface area contributed by atoms with E-state index in [9.17, 15) is 0 Å². The van der Waals surface area contributed by atoms with E-state index in [0.717, 1.165) is 26.0 Å². The Labute approximate surface area is 131 Å². The van der Waals surface area contributed by atoms with Crippen molar-refractivity contribution in [1.82, 2.24) is 9.55 Å². The van der Waals surface area contributed by atoms with E-state index in [2.05, 4.69) is 58.9 Å². The van der Waals surface area contributed by atoms with E-state index in [1.807, 2.05) is 18.7 Å². The summed E-state index contributed by atoms with van der Waals surface area (Å²) in [6.45, 7) is 3.77. The van der Waals surface area contributed by atoms with Crippen LogP contribution in [0, 0.1) is 0 Å². The number of hydrogen-bond donors (Lipinski definition) is 0. The fourth-order valence-electron chi connectivity index (χ4n) is 2.73. The van der Waals surface area contributed by atoms with Gasteiger partial charge in [-0.15, -0.1) is 0 Å². The summed E-state index contributed by atoms with van der Waals surface area (Å²) in [4.78, 5) is 4.14. The van der Waals surface area contributed by atoms with Gasteiger partial charge in [-0.25, -0.2) is 4.98 Å². The molecule has 0 amide bonds. The Morgan fingerprint density at radius 1 is 1.14 bits per heavy atom.